The van der Waals surface area contributed by atoms with Crippen molar-refractivity contribution in [1.82, 2.24) is 4.98 Å². The number of nitrogens with zero attached hydrogens (tertiary/aromatic N) is 1. The maximum Gasteiger partial charge on any atom is 0.0884 e. The predicted molar refractivity (Wildman–Crippen MR) is 50.7 cm³/mol. The SMILES string of the molecule is COCc1cc(Cl)cc(COC)n1. The monoisotopic (exact) mass is 201 g/mol. The Kier molecular flexibility index (Phi) is 4.15. The van der Waals surface area contributed by atoms with Crippen molar-refractivity contribution in [1.29, 1.82) is 0 Å². The zero-order valence-corrected chi connectivity index (χ0v) is 8.47. The van der Waals surface area contributed by atoms with E-state index < -0.39 is 0 Å². The molecule has 0 fully saturated rings. The van der Waals surface area contributed by atoms with E-state index in [9.17, 15) is 0 Å². The van der Waals surface area contributed by atoms with Crippen molar-refractivity contribution in [2.24, 2.45) is 0 Å². The second kappa shape index (κ2) is 5.17. The Morgan fingerprint density at radius 2 is 1.62 bits per heavy atom. The summed E-state index contributed by atoms with van der Waals surface area (Å²) in [4.78, 5) is 4.28. The molecule has 0 saturated heterocycles. The molecule has 0 saturated carbocycles. The first-order valence-corrected chi connectivity index (χ1v) is 4.27. The predicted octanol–water partition coefficient (Wildman–Crippen LogP) is 2.03. The average Bonchev–Trinajstić information content (AvgIpc) is 2.04. The molecular weight excluding hydrogens is 190 g/mol. The molecule has 0 amide bonds. The van der Waals surface area contributed by atoms with Crippen LogP contribution >= 0.6 is 11.6 Å². The summed E-state index contributed by atoms with van der Waals surface area (Å²) in [5.41, 5.74) is 1.64. The van der Waals surface area contributed by atoms with Crippen molar-refractivity contribution in [3.05, 3.63) is 28.5 Å². The maximum absolute atomic E-state index is 5.87. The summed E-state index contributed by atoms with van der Waals surface area (Å²) < 4.78 is 9.91. The molecule has 0 aromatic carbocycles. The van der Waals surface area contributed by atoms with E-state index >= 15 is 0 Å². The molecule has 13 heavy (non-hydrogen) atoms. The second-order valence-corrected chi connectivity index (χ2v) is 3.07. The van der Waals surface area contributed by atoms with Gasteiger partial charge < -0.3 is 9.47 Å². The number of aromatic nitrogens is 1. The average molecular weight is 202 g/mol. The summed E-state index contributed by atoms with van der Waals surface area (Å²) >= 11 is 5.87. The Labute approximate surface area is 82.6 Å². The van der Waals surface area contributed by atoms with Gasteiger partial charge in [-0.3, -0.25) is 4.98 Å². The molecule has 3 nitrogen and oxygen atoms in total. The Bertz CT molecular complexity index is 254. The lowest BCUT2D eigenvalue weighted by molar-refractivity contribution is 0.173. The lowest BCUT2D eigenvalue weighted by Gasteiger charge is -2.03. The van der Waals surface area contributed by atoms with Crippen LogP contribution in [0.15, 0.2) is 12.1 Å². The summed E-state index contributed by atoms with van der Waals surface area (Å²) in [6.07, 6.45) is 0. The number of hydrogen-bond acceptors (Lipinski definition) is 3. The van der Waals surface area contributed by atoms with Gasteiger partial charge >= 0.3 is 0 Å². The number of ether oxygens (including phenoxy) is 2. The number of hydrogen-bond donors (Lipinski definition) is 0. The van der Waals surface area contributed by atoms with Gasteiger partial charge in [0.25, 0.3) is 0 Å². The van der Waals surface area contributed by atoms with E-state index in [1.54, 1.807) is 26.4 Å². The van der Waals surface area contributed by atoms with Crippen LogP contribution in [0.1, 0.15) is 11.4 Å². The summed E-state index contributed by atoms with van der Waals surface area (Å²) in [5, 5.41) is 0.661. The first-order chi connectivity index (χ1) is 6.26. The van der Waals surface area contributed by atoms with Crippen molar-refractivity contribution in [3.63, 3.8) is 0 Å². The van der Waals surface area contributed by atoms with Gasteiger partial charge in [-0.25, -0.2) is 0 Å². The van der Waals surface area contributed by atoms with Crippen molar-refractivity contribution in [2.75, 3.05) is 14.2 Å². The second-order valence-electron chi connectivity index (χ2n) is 2.63. The number of halogens is 1. The molecule has 1 rings (SSSR count). The van der Waals surface area contributed by atoms with E-state index in [0.717, 1.165) is 11.4 Å². The Morgan fingerprint density at radius 1 is 1.15 bits per heavy atom. The summed E-state index contributed by atoms with van der Waals surface area (Å²) in [5.74, 6) is 0. The fourth-order valence-corrected chi connectivity index (χ4v) is 1.30. The molecule has 0 aliphatic heterocycles. The van der Waals surface area contributed by atoms with E-state index in [0.29, 0.717) is 18.2 Å². The fourth-order valence-electron chi connectivity index (χ4n) is 1.05. The molecule has 4 heteroatoms. The third-order valence-corrected chi connectivity index (χ3v) is 1.70. The van der Waals surface area contributed by atoms with Crippen LogP contribution < -0.4 is 0 Å². The van der Waals surface area contributed by atoms with Gasteiger partial charge in [-0.2, -0.15) is 0 Å². The van der Waals surface area contributed by atoms with Gasteiger partial charge in [0.15, 0.2) is 0 Å². The largest absolute Gasteiger partial charge is 0.378 e. The van der Waals surface area contributed by atoms with Crippen LogP contribution in [0, 0.1) is 0 Å². The highest BCUT2D eigenvalue weighted by Gasteiger charge is 2.00. The first kappa shape index (κ1) is 10.4. The smallest absolute Gasteiger partial charge is 0.0884 e. The molecule has 0 aliphatic carbocycles. The number of methoxy groups -OCH3 is 2. The topological polar surface area (TPSA) is 31.4 Å². The van der Waals surface area contributed by atoms with Gasteiger partial charge in [0, 0.05) is 19.2 Å². The molecule has 0 N–H and O–H groups in total. The van der Waals surface area contributed by atoms with Gasteiger partial charge in [0.1, 0.15) is 0 Å². The van der Waals surface area contributed by atoms with Crippen LogP contribution in [0.25, 0.3) is 0 Å². The van der Waals surface area contributed by atoms with Crippen LogP contribution in [-0.4, -0.2) is 19.2 Å². The third kappa shape index (κ3) is 3.30. The molecule has 1 aromatic rings. The minimum absolute atomic E-state index is 0.470. The molecule has 0 spiro atoms. The van der Waals surface area contributed by atoms with Crippen LogP contribution in [-0.2, 0) is 22.7 Å². The molecular formula is C9H12ClNO2. The van der Waals surface area contributed by atoms with Crippen LogP contribution in [0.4, 0.5) is 0 Å². The summed E-state index contributed by atoms with van der Waals surface area (Å²) in [7, 11) is 3.25. The molecule has 72 valence electrons. The molecule has 0 bridgehead atoms. The first-order valence-electron chi connectivity index (χ1n) is 3.89. The zero-order chi connectivity index (χ0) is 9.68. The Morgan fingerprint density at radius 3 is 2.00 bits per heavy atom. The van der Waals surface area contributed by atoms with Crippen molar-refractivity contribution in [2.45, 2.75) is 13.2 Å². The van der Waals surface area contributed by atoms with Crippen molar-refractivity contribution >= 4 is 11.6 Å². The van der Waals surface area contributed by atoms with E-state index in [1.807, 2.05) is 0 Å². The zero-order valence-electron chi connectivity index (χ0n) is 7.71. The van der Waals surface area contributed by atoms with Gasteiger partial charge in [-0.1, -0.05) is 11.6 Å². The molecule has 1 aromatic heterocycles. The van der Waals surface area contributed by atoms with Crippen LogP contribution in [0.3, 0.4) is 0 Å². The van der Waals surface area contributed by atoms with Gasteiger partial charge in [-0.05, 0) is 12.1 Å². The van der Waals surface area contributed by atoms with E-state index in [2.05, 4.69) is 4.98 Å². The van der Waals surface area contributed by atoms with Crippen molar-refractivity contribution < 1.29 is 9.47 Å². The lowest BCUT2D eigenvalue weighted by Crippen LogP contribution is -1.98. The molecule has 0 radical (unpaired) electrons. The highest BCUT2D eigenvalue weighted by Crippen LogP contribution is 2.12. The fraction of sp³-hybridized carbons (Fsp3) is 0.444. The van der Waals surface area contributed by atoms with Gasteiger partial charge in [0.2, 0.25) is 0 Å². The van der Waals surface area contributed by atoms with Crippen LogP contribution in [0.2, 0.25) is 5.02 Å². The minimum Gasteiger partial charge on any atom is -0.378 e. The Hall–Kier alpha value is -0.640. The molecule has 0 atom stereocenters. The van der Waals surface area contributed by atoms with Gasteiger partial charge in [0.05, 0.1) is 24.6 Å². The molecule has 1 heterocycles. The van der Waals surface area contributed by atoms with E-state index in [-0.39, 0.29) is 0 Å². The minimum atomic E-state index is 0.470. The van der Waals surface area contributed by atoms with E-state index in [4.69, 9.17) is 21.1 Å². The maximum atomic E-state index is 5.87. The number of rotatable bonds is 4. The van der Waals surface area contributed by atoms with Gasteiger partial charge in [-0.15, -0.1) is 0 Å². The lowest BCUT2D eigenvalue weighted by atomic mass is 10.3. The highest BCUT2D eigenvalue weighted by atomic mass is 35.5. The molecule has 0 unspecified atom stereocenters. The highest BCUT2D eigenvalue weighted by molar-refractivity contribution is 6.30. The van der Waals surface area contributed by atoms with E-state index in [1.165, 1.54) is 0 Å². The van der Waals surface area contributed by atoms with Crippen LogP contribution in [0.5, 0.6) is 0 Å². The quantitative estimate of drug-likeness (QED) is 0.747. The molecule has 0 aliphatic rings. The Balaban J connectivity index is 2.83. The number of pyridine rings is 1. The van der Waals surface area contributed by atoms with Crippen molar-refractivity contribution in [3.8, 4) is 0 Å². The third-order valence-electron chi connectivity index (χ3n) is 1.48. The summed E-state index contributed by atoms with van der Waals surface area (Å²) in [6.45, 7) is 0.939. The standard InChI is InChI=1S/C9H12ClNO2/c1-12-5-8-3-7(10)4-9(11-8)6-13-2/h3-4H,5-6H2,1-2H3. The summed E-state index contributed by atoms with van der Waals surface area (Å²) in [6, 6.07) is 3.56. The normalized spacial score (nSPS) is 10.4.